The summed E-state index contributed by atoms with van der Waals surface area (Å²) in [6.45, 7) is 2.55. The number of rotatable bonds is 6. The van der Waals surface area contributed by atoms with Crippen molar-refractivity contribution in [3.05, 3.63) is 65.2 Å². The predicted molar refractivity (Wildman–Crippen MR) is 128 cm³/mol. The zero-order valence-corrected chi connectivity index (χ0v) is 19.6. The second-order valence-corrected chi connectivity index (χ2v) is 10.2. The molecule has 2 saturated carbocycles. The number of β-amino-alcohol motifs (C(OH)–C–C–N with tert-alkyl or cyclic N) is 1. The van der Waals surface area contributed by atoms with Gasteiger partial charge in [-0.05, 0) is 73.3 Å². The lowest BCUT2D eigenvalue weighted by molar-refractivity contribution is 0.142. The monoisotopic (exact) mass is 480 g/mol. The third-order valence-electron chi connectivity index (χ3n) is 8.06. The number of carbonyl (C=O) groups is 1. The first kappa shape index (κ1) is 23.7. The molecule has 1 aliphatic heterocycles. The summed E-state index contributed by atoms with van der Waals surface area (Å²) in [5.74, 6) is -1.51. The number of fused-ring (bicyclic) bond motifs is 1. The number of nitrogens with one attached hydrogen (secondary N) is 1. The molecule has 2 amide bonds. The molecule has 2 unspecified atom stereocenters. The molecule has 1 saturated heterocycles. The van der Waals surface area contributed by atoms with E-state index in [-0.39, 0.29) is 29.3 Å². The second kappa shape index (κ2) is 9.56. The number of hydrogen-bond acceptors (Lipinski definition) is 4. The van der Waals surface area contributed by atoms with Crippen molar-refractivity contribution in [3.8, 4) is 6.07 Å². The van der Waals surface area contributed by atoms with Crippen LogP contribution in [0.4, 0.5) is 19.3 Å². The first-order valence-corrected chi connectivity index (χ1v) is 12.3. The van der Waals surface area contributed by atoms with Gasteiger partial charge in [0.25, 0.3) is 0 Å². The first-order valence-electron chi connectivity index (χ1n) is 12.3. The van der Waals surface area contributed by atoms with Crippen LogP contribution in [0.2, 0.25) is 0 Å². The third-order valence-corrected chi connectivity index (χ3v) is 8.06. The van der Waals surface area contributed by atoms with Gasteiger partial charge >= 0.3 is 6.03 Å². The molecule has 0 bridgehead atoms. The van der Waals surface area contributed by atoms with E-state index in [4.69, 9.17) is 0 Å². The molecule has 0 radical (unpaired) electrons. The number of aliphatic hydroxyl groups is 1. The van der Waals surface area contributed by atoms with Crippen LogP contribution in [0, 0.1) is 28.9 Å². The minimum atomic E-state index is -1.000. The summed E-state index contributed by atoms with van der Waals surface area (Å²) in [6, 6.07) is 13.2. The van der Waals surface area contributed by atoms with Gasteiger partial charge in [-0.2, -0.15) is 5.26 Å². The van der Waals surface area contributed by atoms with Crippen LogP contribution >= 0.6 is 0 Å². The van der Waals surface area contributed by atoms with E-state index in [0.717, 1.165) is 50.8 Å². The van der Waals surface area contributed by atoms with E-state index >= 15 is 0 Å². The molecule has 2 aromatic carbocycles. The maximum atomic E-state index is 13.7. The Hall–Kier alpha value is -3.02. The lowest BCUT2D eigenvalue weighted by atomic mass is 9.80. The molecule has 2 aromatic rings. The molecule has 2 aliphatic carbocycles. The molecule has 5 rings (SSSR count). The van der Waals surface area contributed by atoms with Crippen LogP contribution in [0.25, 0.3) is 0 Å². The van der Waals surface area contributed by atoms with Crippen LogP contribution in [-0.2, 0) is 5.41 Å². The van der Waals surface area contributed by atoms with Gasteiger partial charge in [-0.25, -0.2) is 13.6 Å². The van der Waals surface area contributed by atoms with E-state index in [1.165, 1.54) is 11.6 Å². The lowest BCUT2D eigenvalue weighted by Crippen LogP contribution is -2.48. The zero-order valence-electron chi connectivity index (χ0n) is 19.6. The number of aliphatic hydroxyl groups excluding tert-OH is 1. The van der Waals surface area contributed by atoms with Crippen molar-refractivity contribution < 1.29 is 18.7 Å². The first-order chi connectivity index (χ1) is 16.9. The van der Waals surface area contributed by atoms with Crippen LogP contribution in [0.5, 0.6) is 0 Å². The van der Waals surface area contributed by atoms with E-state index in [2.05, 4.69) is 22.4 Å². The predicted octanol–water partition coefficient (Wildman–Crippen LogP) is 4.25. The van der Waals surface area contributed by atoms with Crippen molar-refractivity contribution in [2.45, 2.75) is 49.7 Å². The van der Waals surface area contributed by atoms with E-state index in [1.54, 1.807) is 0 Å². The van der Waals surface area contributed by atoms with Crippen LogP contribution < -0.4 is 5.32 Å². The Morgan fingerprint density at radius 1 is 1.23 bits per heavy atom. The number of carbonyl (C=O) groups excluding carboxylic acids is 1. The molecule has 0 spiro atoms. The van der Waals surface area contributed by atoms with Gasteiger partial charge in [0.15, 0.2) is 11.6 Å². The van der Waals surface area contributed by atoms with Crippen LogP contribution in [-0.4, -0.2) is 59.3 Å². The summed E-state index contributed by atoms with van der Waals surface area (Å²) < 4.78 is 27.0. The third kappa shape index (κ3) is 4.89. The Balaban J connectivity index is 1.29. The molecule has 35 heavy (non-hydrogen) atoms. The summed E-state index contributed by atoms with van der Waals surface area (Å²) in [7, 11) is 0. The Morgan fingerprint density at radius 2 is 2.09 bits per heavy atom. The number of anilines is 1. The Morgan fingerprint density at radius 3 is 2.80 bits per heavy atom. The van der Waals surface area contributed by atoms with Gasteiger partial charge in [-0.3, -0.25) is 4.90 Å². The Kier molecular flexibility index (Phi) is 6.47. The number of benzene rings is 2. The molecular weight excluding hydrogens is 450 g/mol. The molecule has 184 valence electrons. The molecule has 2 N–H and O–H groups in total. The molecule has 3 aliphatic rings. The maximum absolute atomic E-state index is 13.7. The average Bonchev–Trinajstić information content (AvgIpc) is 3.46. The number of likely N-dealkylation sites (tertiary alicyclic amines) is 1. The van der Waals surface area contributed by atoms with Gasteiger partial charge in [0, 0.05) is 44.0 Å². The molecular formula is C27H30F2N4O2. The van der Waals surface area contributed by atoms with Crippen LogP contribution in [0.3, 0.4) is 0 Å². The number of urea groups is 1. The van der Waals surface area contributed by atoms with Gasteiger partial charge < -0.3 is 15.3 Å². The number of amides is 2. The molecule has 8 heteroatoms. The van der Waals surface area contributed by atoms with Gasteiger partial charge in [-0.1, -0.05) is 12.1 Å². The van der Waals surface area contributed by atoms with Gasteiger partial charge in [0.2, 0.25) is 0 Å². The summed E-state index contributed by atoms with van der Waals surface area (Å²) in [5.41, 5.74) is 2.19. The highest BCUT2D eigenvalue weighted by atomic mass is 19.2. The van der Waals surface area contributed by atoms with E-state index in [9.17, 15) is 23.9 Å². The smallest absolute Gasteiger partial charge is 0.322 e. The number of hydrogen-bond donors (Lipinski definition) is 2. The summed E-state index contributed by atoms with van der Waals surface area (Å²) >= 11 is 0. The van der Waals surface area contributed by atoms with Gasteiger partial charge in [0.05, 0.1) is 17.7 Å². The zero-order chi connectivity index (χ0) is 24.6. The van der Waals surface area contributed by atoms with E-state index < -0.39 is 11.6 Å². The average molecular weight is 481 g/mol. The topological polar surface area (TPSA) is 79.6 Å². The highest BCUT2D eigenvalue weighted by molar-refractivity contribution is 5.89. The van der Waals surface area contributed by atoms with Gasteiger partial charge in [-0.15, -0.1) is 0 Å². The summed E-state index contributed by atoms with van der Waals surface area (Å²) in [5, 5.41) is 21.9. The normalized spacial score (nSPS) is 27.7. The SMILES string of the molecule is N#Cc1cccc([C@]23CCC(N(CCN4CC[C@@H](O)C4)C(=O)Nc4ccc(F)c(F)c4)CC2C3)c1. The van der Waals surface area contributed by atoms with Crippen molar-refractivity contribution in [2.75, 3.05) is 31.5 Å². The lowest BCUT2D eigenvalue weighted by Gasteiger charge is -2.37. The van der Waals surface area contributed by atoms with Crippen molar-refractivity contribution in [1.82, 2.24) is 9.80 Å². The molecule has 3 fully saturated rings. The maximum Gasteiger partial charge on any atom is 0.322 e. The number of halogens is 2. The largest absolute Gasteiger partial charge is 0.392 e. The molecule has 6 nitrogen and oxygen atoms in total. The minimum Gasteiger partial charge on any atom is -0.392 e. The van der Waals surface area contributed by atoms with E-state index in [0.29, 0.717) is 31.1 Å². The quantitative estimate of drug-likeness (QED) is 0.648. The van der Waals surface area contributed by atoms with Gasteiger partial charge in [0.1, 0.15) is 0 Å². The number of nitriles is 1. The molecule has 4 atom stereocenters. The van der Waals surface area contributed by atoms with Crippen molar-refractivity contribution in [3.63, 3.8) is 0 Å². The Bertz CT molecular complexity index is 1150. The highest BCUT2D eigenvalue weighted by Crippen LogP contribution is 2.62. The van der Waals surface area contributed by atoms with Crippen LogP contribution in [0.15, 0.2) is 42.5 Å². The Labute approximate surface area is 204 Å². The standard InChI is InChI=1S/C27H30F2N4O2/c28-24-5-4-21(14-25(24)29)31-26(35)33(11-10-32-9-7-23(34)17-32)22-6-8-27(15-20(27)13-22)19-3-1-2-18(12-19)16-30/h1-5,12,14,20,22-23,34H,6-11,13,15,17H2,(H,31,35)/t20?,22?,23-,27-/m1/s1. The fourth-order valence-corrected chi connectivity index (χ4v) is 6.03. The van der Waals surface area contributed by atoms with E-state index in [1.807, 2.05) is 23.1 Å². The fraction of sp³-hybridized carbons (Fsp3) is 0.481. The second-order valence-electron chi connectivity index (χ2n) is 10.2. The number of nitrogens with zero attached hydrogens (tertiary/aromatic N) is 3. The molecule has 1 heterocycles. The van der Waals surface area contributed by atoms with Crippen molar-refractivity contribution in [1.29, 1.82) is 5.26 Å². The fourth-order valence-electron chi connectivity index (χ4n) is 6.03. The minimum absolute atomic E-state index is 0.0348. The van der Waals surface area contributed by atoms with Crippen LogP contribution in [0.1, 0.15) is 43.2 Å². The summed E-state index contributed by atoms with van der Waals surface area (Å²) in [6.07, 6.45) is 4.09. The van der Waals surface area contributed by atoms with Crippen molar-refractivity contribution in [2.24, 2.45) is 5.92 Å². The summed E-state index contributed by atoms with van der Waals surface area (Å²) in [4.78, 5) is 17.3. The molecule has 0 aromatic heterocycles. The van der Waals surface area contributed by atoms with Crippen molar-refractivity contribution >= 4 is 11.7 Å². The highest BCUT2D eigenvalue weighted by Gasteiger charge is 2.58.